The quantitative estimate of drug-likeness (QED) is 0.576. The molecule has 0 saturated carbocycles. The molecule has 1 atom stereocenters. The van der Waals surface area contributed by atoms with E-state index in [-0.39, 0.29) is 17.6 Å². The van der Waals surface area contributed by atoms with Gasteiger partial charge in [-0.2, -0.15) is 8.78 Å². The highest BCUT2D eigenvalue weighted by molar-refractivity contribution is 6.03. The fourth-order valence-corrected chi connectivity index (χ4v) is 3.39. The van der Waals surface area contributed by atoms with Crippen LogP contribution in [0, 0.1) is 6.92 Å². The molecule has 0 fully saturated rings. The fourth-order valence-electron chi connectivity index (χ4n) is 3.39. The molecule has 9 heteroatoms. The number of hydrogen-bond acceptors (Lipinski definition) is 4. The molecule has 5 N–H and O–H groups in total. The number of guanidine groups is 1. The first-order valence-electron chi connectivity index (χ1n) is 8.77. The van der Waals surface area contributed by atoms with E-state index in [1.165, 1.54) is 11.0 Å². The van der Waals surface area contributed by atoms with Gasteiger partial charge in [-0.1, -0.05) is 6.07 Å². The standard InChI is InChI=1S/C19H21F2N5O2/c1-11-8-12(4-5-15(11)28-17(20)21)19(16(27)26(3)18(22)25-19)13-6-7-24-14(9-13)10-23-2/h4-9,17,23H,10H2,1-3H3,(H2,22,25)/p+2. The highest BCUT2D eigenvalue weighted by Gasteiger charge is 2.54. The largest absolute Gasteiger partial charge is 0.435 e. The number of rotatable bonds is 6. The van der Waals surface area contributed by atoms with Gasteiger partial charge >= 0.3 is 18.5 Å². The molecule has 2 aromatic rings. The number of hydrogen-bond donors (Lipinski definition) is 3. The number of alkyl halides is 2. The fraction of sp³-hybridized carbons (Fsp3) is 0.316. The van der Waals surface area contributed by atoms with Gasteiger partial charge in [0, 0.05) is 17.3 Å². The van der Waals surface area contributed by atoms with Gasteiger partial charge in [0.1, 0.15) is 12.3 Å². The average Bonchev–Trinajstić information content (AvgIpc) is 2.88. The van der Waals surface area contributed by atoms with Crippen LogP contribution in [0.4, 0.5) is 8.78 Å². The SMILES string of the molecule is C[NH2+]Cc1cc(C2(c3ccc(OC(F)F)c(C)c3)[NH+]=C(N)N(C)C2=O)ccn1. The maximum Gasteiger partial charge on any atom is 0.387 e. The van der Waals surface area contributed by atoms with Gasteiger partial charge in [-0.05, 0) is 36.8 Å². The Morgan fingerprint density at radius 3 is 2.61 bits per heavy atom. The maximum absolute atomic E-state index is 13.3. The first kappa shape index (κ1) is 19.7. The minimum atomic E-state index is -2.92. The van der Waals surface area contributed by atoms with Gasteiger partial charge in [-0.25, -0.2) is 4.90 Å². The summed E-state index contributed by atoms with van der Waals surface area (Å²) in [5, 5.41) is 1.97. The number of aryl methyl sites for hydroxylation is 1. The molecule has 3 rings (SSSR count). The van der Waals surface area contributed by atoms with E-state index in [0.29, 0.717) is 23.2 Å². The van der Waals surface area contributed by atoms with Crippen LogP contribution in [0.1, 0.15) is 22.4 Å². The molecule has 0 radical (unpaired) electrons. The number of quaternary nitrogens is 1. The van der Waals surface area contributed by atoms with E-state index in [0.717, 1.165) is 5.69 Å². The summed E-state index contributed by atoms with van der Waals surface area (Å²) in [4.78, 5) is 22.0. The minimum absolute atomic E-state index is 0.0562. The highest BCUT2D eigenvalue weighted by atomic mass is 19.3. The molecular weight excluding hydrogens is 368 g/mol. The zero-order valence-electron chi connectivity index (χ0n) is 15.9. The second-order valence-electron chi connectivity index (χ2n) is 6.63. The monoisotopic (exact) mass is 391 g/mol. The number of carbonyl (C=O) groups excluding carboxylic acids is 1. The molecule has 0 aliphatic carbocycles. The predicted octanol–water partition coefficient (Wildman–Crippen LogP) is -1.20. The number of benzene rings is 1. The summed E-state index contributed by atoms with van der Waals surface area (Å²) < 4.78 is 29.7. The number of nitrogens with one attached hydrogen (secondary N) is 1. The molecule has 0 saturated heterocycles. The summed E-state index contributed by atoms with van der Waals surface area (Å²) in [5.41, 5.74) is 7.26. The van der Waals surface area contributed by atoms with Crippen LogP contribution in [0.5, 0.6) is 5.75 Å². The van der Waals surface area contributed by atoms with Crippen LogP contribution in [0.25, 0.3) is 0 Å². The third-order valence-electron chi connectivity index (χ3n) is 4.79. The molecule has 1 unspecified atom stereocenters. The van der Waals surface area contributed by atoms with Crippen LogP contribution in [-0.2, 0) is 16.9 Å². The smallest absolute Gasteiger partial charge is 0.387 e. The Balaban J connectivity index is 2.18. The summed E-state index contributed by atoms with van der Waals surface area (Å²) >= 11 is 0. The van der Waals surface area contributed by atoms with E-state index in [9.17, 15) is 13.6 Å². The van der Waals surface area contributed by atoms with Crippen molar-refractivity contribution in [2.45, 2.75) is 25.6 Å². The first-order chi connectivity index (χ1) is 13.3. The number of likely N-dealkylation sites (N-methyl/N-ethyl adjacent to an activating group) is 1. The van der Waals surface area contributed by atoms with Crippen molar-refractivity contribution in [2.75, 3.05) is 14.1 Å². The number of pyridine rings is 1. The van der Waals surface area contributed by atoms with Crippen molar-refractivity contribution in [3.8, 4) is 5.75 Å². The molecule has 148 valence electrons. The molecular formula is C19H23F2N5O2+2. The van der Waals surface area contributed by atoms with Crippen LogP contribution in [0.2, 0.25) is 0 Å². The van der Waals surface area contributed by atoms with Gasteiger partial charge in [-0.15, -0.1) is 0 Å². The summed E-state index contributed by atoms with van der Waals surface area (Å²) in [6.07, 6.45) is 1.64. The lowest BCUT2D eigenvalue weighted by Gasteiger charge is -2.24. The number of nitrogens with two attached hydrogens (primary N) is 2. The molecule has 2 heterocycles. The zero-order valence-corrected chi connectivity index (χ0v) is 15.9. The third-order valence-corrected chi connectivity index (χ3v) is 4.79. The maximum atomic E-state index is 13.3. The van der Waals surface area contributed by atoms with Crippen molar-refractivity contribution >= 4 is 11.9 Å². The van der Waals surface area contributed by atoms with Gasteiger partial charge in [0.15, 0.2) is 0 Å². The summed E-state index contributed by atoms with van der Waals surface area (Å²) in [5.74, 6) is -0.0128. The Bertz CT molecular complexity index is 934. The lowest BCUT2D eigenvalue weighted by Crippen LogP contribution is -2.85. The van der Waals surface area contributed by atoms with E-state index in [1.54, 1.807) is 38.4 Å². The number of nitrogens with zero attached hydrogens (tertiary/aromatic N) is 2. The van der Waals surface area contributed by atoms with Gasteiger partial charge in [0.25, 0.3) is 0 Å². The van der Waals surface area contributed by atoms with Crippen molar-refractivity contribution in [1.82, 2.24) is 9.88 Å². The number of amides is 1. The Morgan fingerprint density at radius 1 is 1.32 bits per heavy atom. The normalized spacial score (nSPS) is 19.3. The Morgan fingerprint density at radius 2 is 2.04 bits per heavy atom. The van der Waals surface area contributed by atoms with E-state index < -0.39 is 12.2 Å². The lowest BCUT2D eigenvalue weighted by atomic mass is 9.82. The molecule has 28 heavy (non-hydrogen) atoms. The molecule has 0 spiro atoms. The molecule has 1 aliphatic rings. The summed E-state index contributed by atoms with van der Waals surface area (Å²) in [7, 11) is 3.50. The van der Waals surface area contributed by atoms with E-state index in [2.05, 4.69) is 14.7 Å². The minimum Gasteiger partial charge on any atom is -0.435 e. The lowest BCUT2D eigenvalue weighted by molar-refractivity contribution is -0.643. The van der Waals surface area contributed by atoms with E-state index >= 15 is 0 Å². The van der Waals surface area contributed by atoms with Crippen molar-refractivity contribution in [3.63, 3.8) is 0 Å². The third kappa shape index (κ3) is 3.29. The van der Waals surface area contributed by atoms with Crippen molar-refractivity contribution in [3.05, 3.63) is 58.9 Å². The predicted molar refractivity (Wildman–Crippen MR) is 97.3 cm³/mol. The molecule has 1 aromatic heterocycles. The van der Waals surface area contributed by atoms with Gasteiger partial charge in [0.2, 0.25) is 5.54 Å². The van der Waals surface area contributed by atoms with Crippen molar-refractivity contribution in [2.24, 2.45) is 5.73 Å². The van der Waals surface area contributed by atoms with Crippen LogP contribution < -0.4 is 20.8 Å². The van der Waals surface area contributed by atoms with Gasteiger partial charge < -0.3 is 10.1 Å². The Labute approximate surface area is 161 Å². The zero-order chi connectivity index (χ0) is 20.5. The van der Waals surface area contributed by atoms with E-state index in [4.69, 9.17) is 5.73 Å². The summed E-state index contributed by atoms with van der Waals surface area (Å²) in [6, 6.07) is 8.27. The summed E-state index contributed by atoms with van der Waals surface area (Å²) in [6.45, 7) is -0.629. The van der Waals surface area contributed by atoms with Crippen LogP contribution in [0.3, 0.4) is 0 Å². The first-order valence-corrected chi connectivity index (χ1v) is 8.77. The van der Waals surface area contributed by atoms with Crippen LogP contribution in [0.15, 0.2) is 36.5 Å². The number of halogens is 2. The van der Waals surface area contributed by atoms with Crippen molar-refractivity contribution in [1.29, 1.82) is 0 Å². The average molecular weight is 391 g/mol. The van der Waals surface area contributed by atoms with E-state index in [1.807, 2.05) is 18.4 Å². The van der Waals surface area contributed by atoms with Crippen LogP contribution in [-0.4, -0.2) is 42.5 Å². The number of aromatic nitrogens is 1. The number of ether oxygens (including phenoxy) is 1. The van der Waals surface area contributed by atoms with Gasteiger partial charge in [-0.3, -0.25) is 20.5 Å². The molecule has 1 amide bonds. The van der Waals surface area contributed by atoms with Crippen LogP contribution >= 0.6 is 0 Å². The van der Waals surface area contributed by atoms with Gasteiger partial charge in [0.05, 0.1) is 19.8 Å². The Hall–Kier alpha value is -3.07. The van der Waals surface area contributed by atoms with Crippen molar-refractivity contribution < 1.29 is 28.6 Å². The molecule has 7 nitrogen and oxygen atoms in total. The second-order valence-corrected chi connectivity index (χ2v) is 6.63. The number of carbonyl (C=O) groups is 1. The second kappa shape index (κ2) is 7.51. The topological polar surface area (TPSA) is 99.0 Å². The molecule has 0 bridgehead atoms. The Kier molecular flexibility index (Phi) is 5.28. The highest BCUT2D eigenvalue weighted by Crippen LogP contribution is 2.32. The molecule has 1 aliphatic heterocycles. The molecule has 1 aromatic carbocycles.